The van der Waals surface area contributed by atoms with Crippen LogP contribution in [0.25, 0.3) is 17.4 Å². The normalized spacial score (nSPS) is 11.0. The van der Waals surface area contributed by atoms with Crippen LogP contribution in [0.1, 0.15) is 16.9 Å². The first-order chi connectivity index (χ1) is 13.9. The number of non-ortho nitro benzene ring substituents is 1. The van der Waals surface area contributed by atoms with Crippen molar-refractivity contribution in [2.24, 2.45) is 0 Å². The molecule has 0 bridgehead atoms. The van der Waals surface area contributed by atoms with Crippen molar-refractivity contribution in [3.8, 4) is 17.4 Å². The minimum atomic E-state index is -0.552. The third-order valence-corrected chi connectivity index (χ3v) is 4.38. The maximum Gasteiger partial charge on any atom is 0.270 e. The van der Waals surface area contributed by atoms with Crippen molar-refractivity contribution in [1.82, 2.24) is 0 Å². The number of nitro benzene ring substituents is 1. The van der Waals surface area contributed by atoms with Gasteiger partial charge in [0, 0.05) is 29.5 Å². The molecule has 29 heavy (non-hydrogen) atoms. The standard InChI is InChI=1S/C22H17N3O4/c1-14-6-7-18(10-15(14)2)24-22(26)17(13-23)12-20-8-9-21(29-20)16-4-3-5-19(11-16)25(27)28/h3-12H,1-2H3,(H,24,26)/b17-12+. The predicted molar refractivity (Wildman–Crippen MR) is 109 cm³/mol. The zero-order valence-electron chi connectivity index (χ0n) is 15.8. The fourth-order valence-corrected chi connectivity index (χ4v) is 2.67. The largest absolute Gasteiger partial charge is 0.457 e. The Morgan fingerprint density at radius 1 is 1.14 bits per heavy atom. The van der Waals surface area contributed by atoms with Crippen LogP contribution in [0.5, 0.6) is 0 Å². The number of carbonyl (C=O) groups excluding carboxylic acids is 1. The summed E-state index contributed by atoms with van der Waals surface area (Å²) in [5, 5.41) is 23.0. The third kappa shape index (κ3) is 4.57. The molecule has 0 aliphatic carbocycles. The summed E-state index contributed by atoms with van der Waals surface area (Å²) in [6.45, 7) is 3.90. The van der Waals surface area contributed by atoms with E-state index in [1.807, 2.05) is 32.0 Å². The van der Waals surface area contributed by atoms with Gasteiger partial charge in [-0.3, -0.25) is 14.9 Å². The molecule has 7 heteroatoms. The van der Waals surface area contributed by atoms with E-state index in [-0.39, 0.29) is 11.3 Å². The lowest BCUT2D eigenvalue weighted by Gasteiger charge is -2.06. The number of hydrogen-bond acceptors (Lipinski definition) is 5. The van der Waals surface area contributed by atoms with E-state index in [1.54, 1.807) is 30.3 Å². The second kappa shape index (κ2) is 8.23. The fraction of sp³-hybridized carbons (Fsp3) is 0.0909. The van der Waals surface area contributed by atoms with Crippen molar-refractivity contribution >= 4 is 23.4 Å². The molecule has 1 heterocycles. The highest BCUT2D eigenvalue weighted by molar-refractivity contribution is 6.09. The van der Waals surface area contributed by atoms with Gasteiger partial charge in [-0.15, -0.1) is 0 Å². The molecule has 3 rings (SSSR count). The van der Waals surface area contributed by atoms with Crippen LogP contribution in [-0.4, -0.2) is 10.8 Å². The Kier molecular flexibility index (Phi) is 5.56. The summed E-state index contributed by atoms with van der Waals surface area (Å²) in [5.74, 6) is 0.133. The highest BCUT2D eigenvalue weighted by atomic mass is 16.6. The summed E-state index contributed by atoms with van der Waals surface area (Å²) >= 11 is 0. The SMILES string of the molecule is Cc1ccc(NC(=O)/C(C#N)=C/c2ccc(-c3cccc([N+](=O)[O-])c3)o2)cc1C. The van der Waals surface area contributed by atoms with Gasteiger partial charge in [0.2, 0.25) is 0 Å². The Labute approximate surface area is 167 Å². The molecule has 0 saturated carbocycles. The lowest BCUT2D eigenvalue weighted by molar-refractivity contribution is -0.384. The highest BCUT2D eigenvalue weighted by Crippen LogP contribution is 2.26. The third-order valence-electron chi connectivity index (χ3n) is 4.38. The van der Waals surface area contributed by atoms with Gasteiger partial charge in [0.1, 0.15) is 23.2 Å². The van der Waals surface area contributed by atoms with E-state index in [9.17, 15) is 20.2 Å². The van der Waals surface area contributed by atoms with Crippen LogP contribution in [0.4, 0.5) is 11.4 Å². The maximum absolute atomic E-state index is 12.4. The van der Waals surface area contributed by atoms with Crippen molar-refractivity contribution in [1.29, 1.82) is 5.26 Å². The molecule has 0 saturated heterocycles. The van der Waals surface area contributed by atoms with Gasteiger partial charge >= 0.3 is 0 Å². The fourth-order valence-electron chi connectivity index (χ4n) is 2.67. The molecule has 144 valence electrons. The lowest BCUT2D eigenvalue weighted by Crippen LogP contribution is -2.13. The number of nitro groups is 1. The van der Waals surface area contributed by atoms with Crippen LogP contribution >= 0.6 is 0 Å². The smallest absolute Gasteiger partial charge is 0.270 e. The van der Waals surface area contributed by atoms with Crippen molar-refractivity contribution in [3.05, 3.63) is 87.2 Å². The second-order valence-corrected chi connectivity index (χ2v) is 6.43. The molecule has 0 aliphatic rings. The lowest BCUT2D eigenvalue weighted by atomic mass is 10.1. The zero-order valence-corrected chi connectivity index (χ0v) is 15.8. The van der Waals surface area contributed by atoms with Crippen molar-refractivity contribution < 1.29 is 14.1 Å². The molecule has 0 unspecified atom stereocenters. The number of carbonyl (C=O) groups is 1. The van der Waals surface area contributed by atoms with Crippen LogP contribution in [0, 0.1) is 35.3 Å². The van der Waals surface area contributed by atoms with E-state index in [4.69, 9.17) is 4.42 Å². The molecule has 3 aromatic rings. The summed E-state index contributed by atoms with van der Waals surface area (Å²) in [4.78, 5) is 22.9. The minimum absolute atomic E-state index is 0.0542. The second-order valence-electron chi connectivity index (χ2n) is 6.43. The number of nitriles is 1. The quantitative estimate of drug-likeness (QED) is 0.286. The number of nitrogens with one attached hydrogen (secondary N) is 1. The van der Waals surface area contributed by atoms with Crippen LogP contribution in [0.3, 0.4) is 0 Å². The Hall–Kier alpha value is -4.18. The molecule has 0 spiro atoms. The number of furan rings is 1. The summed E-state index contributed by atoms with van der Waals surface area (Å²) in [6.07, 6.45) is 1.33. The first-order valence-corrected chi connectivity index (χ1v) is 8.72. The minimum Gasteiger partial charge on any atom is -0.457 e. The van der Waals surface area contributed by atoms with Gasteiger partial charge in [0.25, 0.3) is 11.6 Å². The summed E-state index contributed by atoms with van der Waals surface area (Å²) in [6, 6.07) is 16.6. The molecule has 1 aromatic heterocycles. The van der Waals surface area contributed by atoms with E-state index in [2.05, 4.69) is 5.32 Å². The maximum atomic E-state index is 12.4. The summed E-state index contributed by atoms with van der Waals surface area (Å²) < 4.78 is 5.64. The van der Waals surface area contributed by atoms with Crippen LogP contribution in [0.15, 0.2) is 64.6 Å². The Morgan fingerprint density at radius 2 is 1.93 bits per heavy atom. The molecule has 0 aliphatic heterocycles. The van der Waals surface area contributed by atoms with Gasteiger partial charge < -0.3 is 9.73 Å². The number of nitrogens with zero attached hydrogens (tertiary/aromatic N) is 2. The van der Waals surface area contributed by atoms with E-state index in [0.29, 0.717) is 22.8 Å². The number of rotatable bonds is 5. The van der Waals surface area contributed by atoms with Crippen molar-refractivity contribution in [2.45, 2.75) is 13.8 Å². The van der Waals surface area contributed by atoms with Gasteiger partial charge in [-0.2, -0.15) is 5.26 Å². The van der Waals surface area contributed by atoms with Crippen LogP contribution in [0.2, 0.25) is 0 Å². The number of benzene rings is 2. The molecule has 2 aromatic carbocycles. The van der Waals surface area contributed by atoms with Gasteiger partial charge in [-0.1, -0.05) is 18.2 Å². The van der Waals surface area contributed by atoms with Gasteiger partial charge in [-0.25, -0.2) is 0 Å². The Bertz CT molecular complexity index is 1170. The monoisotopic (exact) mass is 387 g/mol. The Balaban J connectivity index is 1.82. The summed E-state index contributed by atoms with van der Waals surface area (Å²) in [7, 11) is 0. The molecule has 0 radical (unpaired) electrons. The predicted octanol–water partition coefficient (Wildman–Crippen LogP) is 5.02. The number of amides is 1. The first kappa shape index (κ1) is 19.6. The van der Waals surface area contributed by atoms with Gasteiger partial charge in [0.05, 0.1) is 4.92 Å². The first-order valence-electron chi connectivity index (χ1n) is 8.72. The van der Waals surface area contributed by atoms with Crippen molar-refractivity contribution in [3.63, 3.8) is 0 Å². The number of aryl methyl sites for hydroxylation is 2. The molecular formula is C22H17N3O4. The number of anilines is 1. The van der Waals surface area contributed by atoms with E-state index in [0.717, 1.165) is 11.1 Å². The van der Waals surface area contributed by atoms with Crippen LogP contribution in [-0.2, 0) is 4.79 Å². The number of hydrogen-bond donors (Lipinski definition) is 1. The van der Waals surface area contributed by atoms with E-state index in [1.165, 1.54) is 18.2 Å². The molecule has 0 fully saturated rings. The average Bonchev–Trinajstić information content (AvgIpc) is 3.17. The van der Waals surface area contributed by atoms with Gasteiger partial charge in [0.15, 0.2) is 0 Å². The molecular weight excluding hydrogens is 370 g/mol. The molecule has 0 atom stereocenters. The molecule has 7 nitrogen and oxygen atoms in total. The highest BCUT2D eigenvalue weighted by Gasteiger charge is 2.13. The Morgan fingerprint density at radius 3 is 2.62 bits per heavy atom. The van der Waals surface area contributed by atoms with Gasteiger partial charge in [-0.05, 0) is 49.2 Å². The molecule has 1 amide bonds. The zero-order chi connectivity index (χ0) is 21.0. The van der Waals surface area contributed by atoms with Crippen LogP contribution < -0.4 is 5.32 Å². The van der Waals surface area contributed by atoms with Crippen molar-refractivity contribution in [2.75, 3.05) is 5.32 Å². The van der Waals surface area contributed by atoms with E-state index >= 15 is 0 Å². The molecule has 1 N–H and O–H groups in total. The topological polar surface area (TPSA) is 109 Å². The van der Waals surface area contributed by atoms with E-state index < -0.39 is 10.8 Å². The average molecular weight is 387 g/mol. The summed E-state index contributed by atoms with van der Waals surface area (Å²) in [5.41, 5.74) is 3.07.